The molecule has 0 spiro atoms. The van der Waals surface area contributed by atoms with Crippen molar-refractivity contribution in [2.75, 3.05) is 19.8 Å². The van der Waals surface area contributed by atoms with E-state index in [2.05, 4.69) is 4.98 Å². The number of hydrogen-bond donors (Lipinski definition) is 0. The largest absolute Gasteiger partial charge is 0.479 e. The molecule has 0 unspecified atom stereocenters. The molecule has 8 heteroatoms. The molecule has 140 valence electrons. The zero-order chi connectivity index (χ0) is 18.9. The SMILES string of the molecule is CCOCCOC(=O)[C@@H](C)Oc1ccc(Oc2ncc(Cl)cc2Cl)cc1. The summed E-state index contributed by atoms with van der Waals surface area (Å²) in [5.41, 5.74) is 0. The predicted molar refractivity (Wildman–Crippen MR) is 98.3 cm³/mol. The normalized spacial score (nSPS) is 11.7. The molecule has 0 bridgehead atoms. The van der Waals surface area contributed by atoms with Gasteiger partial charge in [-0.05, 0) is 44.2 Å². The van der Waals surface area contributed by atoms with E-state index >= 15 is 0 Å². The van der Waals surface area contributed by atoms with Crippen molar-refractivity contribution in [3.63, 3.8) is 0 Å². The summed E-state index contributed by atoms with van der Waals surface area (Å²) in [6.45, 7) is 4.63. The van der Waals surface area contributed by atoms with Gasteiger partial charge in [0.2, 0.25) is 5.88 Å². The summed E-state index contributed by atoms with van der Waals surface area (Å²) in [5.74, 6) is 0.806. The van der Waals surface area contributed by atoms with Crippen LogP contribution in [0.25, 0.3) is 0 Å². The fourth-order valence-electron chi connectivity index (χ4n) is 1.89. The molecule has 0 saturated carbocycles. The topological polar surface area (TPSA) is 66.9 Å². The van der Waals surface area contributed by atoms with Crippen molar-refractivity contribution in [3.05, 3.63) is 46.6 Å². The van der Waals surface area contributed by atoms with Crippen LogP contribution in [0.15, 0.2) is 36.5 Å². The Morgan fingerprint density at radius 3 is 2.50 bits per heavy atom. The molecule has 2 aromatic rings. The van der Waals surface area contributed by atoms with Gasteiger partial charge < -0.3 is 18.9 Å². The van der Waals surface area contributed by atoms with Gasteiger partial charge in [-0.1, -0.05) is 23.2 Å². The fraction of sp³-hybridized carbons (Fsp3) is 0.333. The van der Waals surface area contributed by atoms with Gasteiger partial charge in [0.25, 0.3) is 0 Å². The maximum absolute atomic E-state index is 11.8. The lowest BCUT2D eigenvalue weighted by atomic mass is 10.3. The Morgan fingerprint density at radius 2 is 1.85 bits per heavy atom. The molecular formula is C18H19Cl2NO5. The van der Waals surface area contributed by atoms with E-state index in [1.165, 1.54) is 6.20 Å². The van der Waals surface area contributed by atoms with E-state index in [1.807, 2.05) is 6.92 Å². The molecule has 0 aliphatic heterocycles. The van der Waals surface area contributed by atoms with Crippen LogP contribution in [0.5, 0.6) is 17.4 Å². The molecule has 0 aliphatic rings. The Kier molecular flexibility index (Phi) is 7.97. The van der Waals surface area contributed by atoms with Crippen molar-refractivity contribution in [3.8, 4) is 17.4 Å². The molecule has 1 heterocycles. The van der Waals surface area contributed by atoms with E-state index < -0.39 is 12.1 Å². The minimum atomic E-state index is -0.740. The Labute approximate surface area is 161 Å². The van der Waals surface area contributed by atoms with Crippen LogP contribution in [0.1, 0.15) is 13.8 Å². The van der Waals surface area contributed by atoms with Crippen LogP contribution >= 0.6 is 23.2 Å². The minimum Gasteiger partial charge on any atom is -0.479 e. The second kappa shape index (κ2) is 10.2. The van der Waals surface area contributed by atoms with Crippen LogP contribution in [-0.2, 0) is 14.3 Å². The molecule has 0 saturated heterocycles. The second-order valence-corrected chi connectivity index (χ2v) is 5.98. The number of benzene rings is 1. The van der Waals surface area contributed by atoms with Gasteiger partial charge >= 0.3 is 5.97 Å². The highest BCUT2D eigenvalue weighted by Crippen LogP contribution is 2.30. The van der Waals surface area contributed by atoms with E-state index in [0.29, 0.717) is 34.8 Å². The quantitative estimate of drug-likeness (QED) is 0.455. The number of rotatable bonds is 9. The highest BCUT2D eigenvalue weighted by molar-refractivity contribution is 6.35. The van der Waals surface area contributed by atoms with Crippen LogP contribution in [0.2, 0.25) is 10.0 Å². The molecular weight excluding hydrogens is 381 g/mol. The maximum atomic E-state index is 11.8. The Balaban J connectivity index is 1.87. The average Bonchev–Trinajstić information content (AvgIpc) is 2.62. The number of nitrogens with zero attached hydrogens (tertiary/aromatic N) is 1. The molecule has 6 nitrogen and oxygen atoms in total. The lowest BCUT2D eigenvalue weighted by molar-refractivity contribution is -0.152. The predicted octanol–water partition coefficient (Wildman–Crippen LogP) is 4.53. The van der Waals surface area contributed by atoms with Gasteiger partial charge in [0.15, 0.2) is 6.10 Å². The average molecular weight is 400 g/mol. The molecule has 1 aromatic heterocycles. The molecule has 1 atom stereocenters. The monoisotopic (exact) mass is 399 g/mol. The third-order valence-electron chi connectivity index (χ3n) is 3.13. The molecule has 26 heavy (non-hydrogen) atoms. The first kappa shape index (κ1) is 20.3. The molecule has 0 N–H and O–H groups in total. The highest BCUT2D eigenvalue weighted by Gasteiger charge is 2.16. The third kappa shape index (κ3) is 6.37. The van der Waals surface area contributed by atoms with Gasteiger partial charge in [-0.2, -0.15) is 0 Å². The number of ether oxygens (including phenoxy) is 4. The van der Waals surface area contributed by atoms with Crippen molar-refractivity contribution in [1.29, 1.82) is 0 Å². The summed E-state index contributed by atoms with van der Waals surface area (Å²) in [5, 5.41) is 0.731. The Morgan fingerprint density at radius 1 is 1.15 bits per heavy atom. The van der Waals surface area contributed by atoms with Crippen LogP contribution < -0.4 is 9.47 Å². The Hall–Kier alpha value is -2.02. The second-order valence-electron chi connectivity index (χ2n) is 5.14. The highest BCUT2D eigenvalue weighted by atomic mass is 35.5. The van der Waals surface area contributed by atoms with E-state index in [1.54, 1.807) is 37.3 Å². The lowest BCUT2D eigenvalue weighted by Crippen LogP contribution is -2.27. The molecule has 2 rings (SSSR count). The summed E-state index contributed by atoms with van der Waals surface area (Å²) in [6.07, 6.45) is 0.704. The molecule has 0 aliphatic carbocycles. The van der Waals surface area contributed by atoms with Crippen molar-refractivity contribution >= 4 is 29.2 Å². The summed E-state index contributed by atoms with van der Waals surface area (Å²) >= 11 is 11.8. The molecule has 0 fully saturated rings. The summed E-state index contributed by atoms with van der Waals surface area (Å²) < 4.78 is 21.3. The number of carbonyl (C=O) groups is 1. The van der Waals surface area contributed by atoms with Crippen molar-refractivity contribution in [2.45, 2.75) is 20.0 Å². The number of aromatic nitrogens is 1. The van der Waals surface area contributed by atoms with Crippen LogP contribution in [0.3, 0.4) is 0 Å². The number of esters is 1. The van der Waals surface area contributed by atoms with Crippen LogP contribution in [-0.4, -0.2) is 36.9 Å². The standard InChI is InChI=1S/C18H19Cl2NO5/c1-3-23-8-9-24-18(22)12(2)25-14-4-6-15(7-5-14)26-17-16(20)10-13(19)11-21-17/h4-7,10-12H,3,8-9H2,1-2H3/t12-/m1/s1. The smallest absolute Gasteiger partial charge is 0.347 e. The summed E-state index contributed by atoms with van der Waals surface area (Å²) in [7, 11) is 0. The van der Waals surface area contributed by atoms with Gasteiger partial charge in [0.1, 0.15) is 23.1 Å². The number of hydrogen-bond acceptors (Lipinski definition) is 6. The van der Waals surface area contributed by atoms with Gasteiger partial charge in [0.05, 0.1) is 11.6 Å². The summed E-state index contributed by atoms with van der Waals surface area (Å²) in [6, 6.07) is 8.23. The van der Waals surface area contributed by atoms with Gasteiger partial charge in [-0.25, -0.2) is 9.78 Å². The van der Waals surface area contributed by atoms with Crippen molar-refractivity contribution < 1.29 is 23.7 Å². The van der Waals surface area contributed by atoms with Crippen LogP contribution in [0, 0.1) is 0 Å². The number of halogens is 2. The van der Waals surface area contributed by atoms with Crippen molar-refractivity contribution in [2.24, 2.45) is 0 Å². The first-order chi connectivity index (χ1) is 12.5. The maximum Gasteiger partial charge on any atom is 0.347 e. The fourth-order valence-corrected chi connectivity index (χ4v) is 2.31. The van der Waals surface area contributed by atoms with Gasteiger partial charge in [0, 0.05) is 12.8 Å². The first-order valence-corrected chi connectivity index (χ1v) is 8.75. The van der Waals surface area contributed by atoms with Crippen LogP contribution in [0.4, 0.5) is 0 Å². The van der Waals surface area contributed by atoms with Gasteiger partial charge in [-0.15, -0.1) is 0 Å². The third-order valence-corrected chi connectivity index (χ3v) is 3.61. The van der Waals surface area contributed by atoms with Crippen molar-refractivity contribution in [1.82, 2.24) is 4.98 Å². The number of carbonyl (C=O) groups excluding carboxylic acids is 1. The molecule has 0 radical (unpaired) electrons. The summed E-state index contributed by atoms with van der Waals surface area (Å²) in [4.78, 5) is 15.8. The van der Waals surface area contributed by atoms with E-state index in [9.17, 15) is 4.79 Å². The van der Waals surface area contributed by atoms with E-state index in [-0.39, 0.29) is 12.5 Å². The Bertz CT molecular complexity index is 724. The van der Waals surface area contributed by atoms with Gasteiger partial charge in [-0.3, -0.25) is 0 Å². The zero-order valence-electron chi connectivity index (χ0n) is 14.4. The zero-order valence-corrected chi connectivity index (χ0v) is 15.9. The first-order valence-electron chi connectivity index (χ1n) is 7.99. The lowest BCUT2D eigenvalue weighted by Gasteiger charge is -2.14. The van der Waals surface area contributed by atoms with E-state index in [0.717, 1.165) is 0 Å². The molecule has 1 aromatic carbocycles. The molecule has 0 amide bonds. The number of pyridine rings is 1. The van der Waals surface area contributed by atoms with E-state index in [4.69, 9.17) is 42.1 Å². The minimum absolute atomic E-state index is 0.196.